The molecule has 33 heavy (non-hydrogen) atoms. The van der Waals surface area contributed by atoms with Crippen LogP contribution >= 0.6 is 24.0 Å². The Bertz CT molecular complexity index is 903. The number of nitrogens with zero attached hydrogens (tertiary/aromatic N) is 2. The smallest absolute Gasteiger partial charge is 0.191 e. The van der Waals surface area contributed by atoms with Crippen LogP contribution in [0.2, 0.25) is 0 Å². The second-order valence-electron chi connectivity index (χ2n) is 7.75. The molecule has 2 aromatic carbocycles. The molecule has 1 heterocycles. The number of halogens is 1. The van der Waals surface area contributed by atoms with Crippen molar-refractivity contribution in [2.75, 3.05) is 41.0 Å². The molecule has 3 rings (SSSR count). The van der Waals surface area contributed by atoms with Gasteiger partial charge in [0.05, 0.1) is 27.9 Å². The highest BCUT2D eigenvalue weighted by Crippen LogP contribution is 2.29. The fourth-order valence-corrected chi connectivity index (χ4v) is 3.85. The van der Waals surface area contributed by atoms with Crippen molar-refractivity contribution < 1.29 is 19.3 Å². The molecule has 9 heteroatoms. The minimum absolute atomic E-state index is 0. The number of nitrogens with one attached hydrogen (secondary N) is 2. The van der Waals surface area contributed by atoms with E-state index >= 15 is 0 Å². The lowest BCUT2D eigenvalue weighted by atomic mass is 10.2. The monoisotopic (exact) mass is 570 g/mol. The molecule has 0 spiro atoms. The lowest BCUT2D eigenvalue weighted by molar-refractivity contribution is 0.321. The fraction of sp³-hybridized carbons (Fsp3) is 0.458. The van der Waals surface area contributed by atoms with Gasteiger partial charge in [-0.1, -0.05) is 12.1 Å². The first-order valence-corrected chi connectivity index (χ1v) is 10.9. The van der Waals surface area contributed by atoms with Crippen LogP contribution in [0.15, 0.2) is 41.4 Å². The van der Waals surface area contributed by atoms with Crippen LogP contribution in [-0.2, 0) is 13.1 Å². The Balaban J connectivity index is 0.00000385. The maximum atomic E-state index is 10.3. The number of ether oxygens (including phenoxy) is 3. The molecule has 1 aliphatic rings. The molecule has 2 aromatic rings. The summed E-state index contributed by atoms with van der Waals surface area (Å²) < 4.78 is 16.0. The second-order valence-corrected chi connectivity index (χ2v) is 7.75. The van der Waals surface area contributed by atoms with Gasteiger partial charge in [0.15, 0.2) is 17.5 Å². The van der Waals surface area contributed by atoms with Crippen molar-refractivity contribution >= 4 is 29.9 Å². The summed E-state index contributed by atoms with van der Waals surface area (Å²) in [4.78, 5) is 7.07. The molecule has 3 N–H and O–H groups in total. The quantitative estimate of drug-likeness (QED) is 0.242. The van der Waals surface area contributed by atoms with Gasteiger partial charge in [-0.15, -0.1) is 24.0 Å². The number of likely N-dealkylation sites (tertiary alicyclic amines) is 1. The summed E-state index contributed by atoms with van der Waals surface area (Å²) >= 11 is 0. The van der Waals surface area contributed by atoms with Gasteiger partial charge in [0.1, 0.15) is 11.5 Å². The summed E-state index contributed by atoms with van der Waals surface area (Å²) in [6.45, 7) is 5.89. The minimum Gasteiger partial charge on any atom is -0.504 e. The third-order valence-electron chi connectivity index (χ3n) is 5.48. The van der Waals surface area contributed by atoms with E-state index < -0.39 is 0 Å². The standard InChI is InChI=1S/C24H34N4O4.HI/c1-5-25-24(26-14-18-7-6-8-22(32-4)23(18)29)27-19-9-10-28(16-19)15-17-11-20(30-2)13-21(12-17)31-3;/h6-8,11-13,19,29H,5,9-10,14-16H2,1-4H3,(H2,25,26,27);1H. The van der Waals surface area contributed by atoms with Crippen molar-refractivity contribution in [2.45, 2.75) is 32.5 Å². The van der Waals surface area contributed by atoms with Gasteiger partial charge in [-0.3, -0.25) is 4.90 Å². The predicted molar refractivity (Wildman–Crippen MR) is 141 cm³/mol. The first kappa shape index (κ1) is 26.8. The summed E-state index contributed by atoms with van der Waals surface area (Å²) in [6.07, 6.45) is 1.02. The molecular formula is C24H35IN4O4. The van der Waals surface area contributed by atoms with Crippen LogP contribution < -0.4 is 24.8 Å². The summed E-state index contributed by atoms with van der Waals surface area (Å²) in [5.74, 6) is 2.93. The highest BCUT2D eigenvalue weighted by molar-refractivity contribution is 14.0. The lowest BCUT2D eigenvalue weighted by Gasteiger charge is -2.19. The van der Waals surface area contributed by atoms with Crippen molar-refractivity contribution in [3.8, 4) is 23.0 Å². The first-order chi connectivity index (χ1) is 15.6. The Morgan fingerprint density at radius 3 is 2.48 bits per heavy atom. The molecular weight excluding hydrogens is 535 g/mol. The van der Waals surface area contributed by atoms with Crippen LogP contribution in [0.25, 0.3) is 0 Å². The van der Waals surface area contributed by atoms with Crippen LogP contribution in [0, 0.1) is 0 Å². The highest BCUT2D eigenvalue weighted by atomic mass is 127. The van der Waals surface area contributed by atoms with Gasteiger partial charge in [-0.25, -0.2) is 4.99 Å². The molecule has 0 aromatic heterocycles. The number of rotatable bonds is 9. The van der Waals surface area contributed by atoms with Crippen LogP contribution in [0.1, 0.15) is 24.5 Å². The molecule has 1 unspecified atom stereocenters. The molecule has 182 valence electrons. The summed E-state index contributed by atoms with van der Waals surface area (Å²) in [6, 6.07) is 11.7. The van der Waals surface area contributed by atoms with Gasteiger partial charge >= 0.3 is 0 Å². The molecule has 0 bridgehead atoms. The summed E-state index contributed by atoms with van der Waals surface area (Å²) in [5, 5.41) is 17.1. The molecule has 0 amide bonds. The molecule has 0 aliphatic carbocycles. The van der Waals surface area contributed by atoms with Crippen molar-refractivity contribution in [1.82, 2.24) is 15.5 Å². The predicted octanol–water partition coefficient (Wildman–Crippen LogP) is 3.37. The largest absolute Gasteiger partial charge is 0.504 e. The van der Waals surface area contributed by atoms with Gasteiger partial charge in [0, 0.05) is 43.9 Å². The van der Waals surface area contributed by atoms with E-state index in [9.17, 15) is 5.11 Å². The maximum absolute atomic E-state index is 10.3. The minimum atomic E-state index is 0. The lowest BCUT2D eigenvalue weighted by Crippen LogP contribution is -2.44. The molecule has 0 saturated carbocycles. The van der Waals surface area contributed by atoms with Crippen molar-refractivity contribution in [3.05, 3.63) is 47.5 Å². The number of aliphatic imine (C=N–C) groups is 1. The van der Waals surface area contributed by atoms with Crippen LogP contribution in [0.4, 0.5) is 0 Å². The Morgan fingerprint density at radius 1 is 1.12 bits per heavy atom. The summed E-state index contributed by atoms with van der Waals surface area (Å²) in [5.41, 5.74) is 1.89. The number of para-hydroxylation sites is 1. The van der Waals surface area contributed by atoms with E-state index in [1.165, 1.54) is 0 Å². The van der Waals surface area contributed by atoms with E-state index in [1.54, 1.807) is 27.4 Å². The van der Waals surface area contributed by atoms with Gasteiger partial charge < -0.3 is 30.0 Å². The van der Waals surface area contributed by atoms with E-state index in [0.717, 1.165) is 61.2 Å². The maximum Gasteiger partial charge on any atom is 0.191 e. The molecule has 8 nitrogen and oxygen atoms in total. The number of methoxy groups -OCH3 is 3. The Kier molecular flexibility index (Phi) is 10.9. The Labute approximate surface area is 213 Å². The summed E-state index contributed by atoms with van der Waals surface area (Å²) in [7, 11) is 4.88. The molecule has 1 fully saturated rings. The van der Waals surface area contributed by atoms with Gasteiger partial charge in [0.25, 0.3) is 0 Å². The SMILES string of the molecule is CCNC(=NCc1cccc(OC)c1O)NC1CCN(Cc2cc(OC)cc(OC)c2)C1.I. The Hall–Kier alpha value is -2.40. The first-order valence-electron chi connectivity index (χ1n) is 10.9. The second kappa shape index (κ2) is 13.3. The molecule has 1 saturated heterocycles. The van der Waals surface area contributed by atoms with E-state index in [1.807, 2.05) is 25.1 Å². The fourth-order valence-electron chi connectivity index (χ4n) is 3.85. The normalized spacial score (nSPS) is 16.1. The number of aromatic hydroxyl groups is 1. The number of phenolic OH excluding ortho intramolecular Hbond substituents is 1. The van der Waals surface area contributed by atoms with E-state index in [-0.39, 0.29) is 29.7 Å². The zero-order valence-electron chi connectivity index (χ0n) is 19.8. The number of hydrogen-bond donors (Lipinski definition) is 3. The van der Waals surface area contributed by atoms with Crippen LogP contribution in [0.5, 0.6) is 23.0 Å². The zero-order chi connectivity index (χ0) is 22.9. The molecule has 1 aliphatic heterocycles. The Morgan fingerprint density at radius 2 is 1.85 bits per heavy atom. The van der Waals surface area contributed by atoms with E-state index in [4.69, 9.17) is 14.2 Å². The van der Waals surface area contributed by atoms with Gasteiger partial charge in [-0.05, 0) is 37.1 Å². The number of benzene rings is 2. The molecule has 1 atom stereocenters. The highest BCUT2D eigenvalue weighted by Gasteiger charge is 2.23. The number of hydrogen-bond acceptors (Lipinski definition) is 6. The average molecular weight is 570 g/mol. The third-order valence-corrected chi connectivity index (χ3v) is 5.48. The third kappa shape index (κ3) is 7.56. The van der Waals surface area contributed by atoms with Gasteiger partial charge in [-0.2, -0.15) is 0 Å². The zero-order valence-corrected chi connectivity index (χ0v) is 22.1. The number of guanidine groups is 1. The molecule has 0 radical (unpaired) electrons. The van der Waals surface area contributed by atoms with E-state index in [0.29, 0.717) is 18.3 Å². The topological polar surface area (TPSA) is 87.6 Å². The van der Waals surface area contributed by atoms with Crippen LogP contribution in [-0.4, -0.2) is 63.0 Å². The number of phenols is 1. The van der Waals surface area contributed by atoms with E-state index in [2.05, 4.69) is 32.7 Å². The van der Waals surface area contributed by atoms with Crippen molar-refractivity contribution in [2.24, 2.45) is 4.99 Å². The average Bonchev–Trinajstić information content (AvgIpc) is 3.24. The van der Waals surface area contributed by atoms with Crippen LogP contribution in [0.3, 0.4) is 0 Å². The van der Waals surface area contributed by atoms with Gasteiger partial charge in [0.2, 0.25) is 0 Å². The van der Waals surface area contributed by atoms with Crippen molar-refractivity contribution in [1.29, 1.82) is 0 Å². The van der Waals surface area contributed by atoms with Crippen molar-refractivity contribution in [3.63, 3.8) is 0 Å².